The zero-order chi connectivity index (χ0) is 13.9. The number of hydrogen-bond donors (Lipinski definition) is 1. The Kier molecular flexibility index (Phi) is 3.89. The molecule has 0 bridgehead atoms. The fourth-order valence-electron chi connectivity index (χ4n) is 1.92. The number of nitrogens with one attached hydrogen (secondary N) is 1. The van der Waals surface area contributed by atoms with Gasteiger partial charge in [-0.25, -0.2) is 4.52 Å². The molecule has 1 aromatic carbocycles. The van der Waals surface area contributed by atoms with Crippen LogP contribution in [0, 0.1) is 0 Å². The number of nitrogens with zero attached hydrogens (tertiary/aromatic N) is 3. The van der Waals surface area contributed by atoms with Crippen LogP contribution in [0.15, 0.2) is 47.1 Å². The fraction of sp³-hybridized carbons (Fsp3) is 0.143. The Morgan fingerprint density at radius 3 is 2.75 bits per heavy atom. The molecule has 102 valence electrons. The van der Waals surface area contributed by atoms with Gasteiger partial charge in [0.2, 0.25) is 5.95 Å². The van der Waals surface area contributed by atoms with Gasteiger partial charge in [-0.05, 0) is 52.2 Å². The summed E-state index contributed by atoms with van der Waals surface area (Å²) in [6.45, 7) is 0.774. The van der Waals surface area contributed by atoms with Crippen molar-refractivity contribution in [2.24, 2.45) is 0 Å². The summed E-state index contributed by atoms with van der Waals surface area (Å²) in [5.74, 6) is 0.630. The molecule has 2 heterocycles. The SMILES string of the molecule is Clc1ccc(CCNc2nc3c(Br)cccn3n2)cc1. The van der Waals surface area contributed by atoms with E-state index >= 15 is 0 Å². The predicted octanol–water partition coefficient (Wildman–Crippen LogP) is 3.80. The highest BCUT2D eigenvalue weighted by molar-refractivity contribution is 9.10. The molecule has 0 spiro atoms. The van der Waals surface area contributed by atoms with E-state index in [2.05, 4.69) is 31.3 Å². The lowest BCUT2D eigenvalue weighted by Gasteiger charge is -2.02. The van der Waals surface area contributed by atoms with Crippen LogP contribution >= 0.6 is 27.5 Å². The van der Waals surface area contributed by atoms with E-state index in [9.17, 15) is 0 Å². The average molecular weight is 352 g/mol. The number of benzene rings is 1. The Bertz CT molecular complexity index is 724. The molecule has 0 saturated heterocycles. The second kappa shape index (κ2) is 5.81. The number of anilines is 1. The van der Waals surface area contributed by atoms with Crippen molar-refractivity contribution in [3.05, 3.63) is 57.7 Å². The van der Waals surface area contributed by atoms with Gasteiger partial charge in [0.15, 0.2) is 5.65 Å². The zero-order valence-electron chi connectivity index (χ0n) is 10.6. The molecule has 20 heavy (non-hydrogen) atoms. The minimum absolute atomic E-state index is 0.630. The molecule has 3 aromatic rings. The van der Waals surface area contributed by atoms with Gasteiger partial charge in [0.25, 0.3) is 0 Å². The Hall–Kier alpha value is -1.59. The third kappa shape index (κ3) is 2.94. The highest BCUT2D eigenvalue weighted by atomic mass is 79.9. The first-order valence-electron chi connectivity index (χ1n) is 6.21. The molecule has 4 nitrogen and oxygen atoms in total. The van der Waals surface area contributed by atoms with Crippen molar-refractivity contribution in [2.75, 3.05) is 11.9 Å². The van der Waals surface area contributed by atoms with Crippen molar-refractivity contribution in [2.45, 2.75) is 6.42 Å². The van der Waals surface area contributed by atoms with Gasteiger partial charge in [0.1, 0.15) is 0 Å². The van der Waals surface area contributed by atoms with E-state index in [1.54, 1.807) is 4.52 Å². The minimum Gasteiger partial charge on any atom is -0.353 e. The number of fused-ring (bicyclic) bond motifs is 1. The van der Waals surface area contributed by atoms with Crippen molar-refractivity contribution in [1.29, 1.82) is 0 Å². The Morgan fingerprint density at radius 2 is 2.00 bits per heavy atom. The van der Waals surface area contributed by atoms with E-state index in [-0.39, 0.29) is 0 Å². The predicted molar refractivity (Wildman–Crippen MR) is 84.3 cm³/mol. The second-order valence-corrected chi connectivity index (χ2v) is 5.65. The largest absolute Gasteiger partial charge is 0.353 e. The van der Waals surface area contributed by atoms with Gasteiger partial charge in [0.05, 0.1) is 4.47 Å². The first-order valence-corrected chi connectivity index (χ1v) is 7.39. The van der Waals surface area contributed by atoms with Gasteiger partial charge < -0.3 is 5.32 Å². The molecule has 0 aliphatic carbocycles. The lowest BCUT2D eigenvalue weighted by molar-refractivity contribution is 0.936. The summed E-state index contributed by atoms with van der Waals surface area (Å²) in [5.41, 5.74) is 2.04. The van der Waals surface area contributed by atoms with Crippen molar-refractivity contribution in [1.82, 2.24) is 14.6 Å². The smallest absolute Gasteiger partial charge is 0.243 e. The van der Waals surface area contributed by atoms with Crippen molar-refractivity contribution in [3.63, 3.8) is 0 Å². The van der Waals surface area contributed by atoms with Gasteiger partial charge >= 0.3 is 0 Å². The summed E-state index contributed by atoms with van der Waals surface area (Å²) in [6.07, 6.45) is 2.77. The summed E-state index contributed by atoms with van der Waals surface area (Å²) in [5, 5.41) is 8.35. The molecule has 0 saturated carbocycles. The zero-order valence-corrected chi connectivity index (χ0v) is 12.9. The van der Waals surface area contributed by atoms with E-state index in [0.29, 0.717) is 5.95 Å². The molecule has 0 atom stereocenters. The van der Waals surface area contributed by atoms with E-state index < -0.39 is 0 Å². The van der Waals surface area contributed by atoms with Gasteiger partial charge in [-0.3, -0.25) is 0 Å². The molecule has 0 radical (unpaired) electrons. The molecule has 0 amide bonds. The third-order valence-electron chi connectivity index (χ3n) is 2.92. The van der Waals surface area contributed by atoms with E-state index in [4.69, 9.17) is 11.6 Å². The van der Waals surface area contributed by atoms with Crippen LogP contribution in [0.1, 0.15) is 5.56 Å². The highest BCUT2D eigenvalue weighted by Gasteiger charge is 2.05. The molecule has 0 aliphatic rings. The molecule has 0 aliphatic heterocycles. The van der Waals surface area contributed by atoms with Crippen molar-refractivity contribution in [3.8, 4) is 0 Å². The van der Waals surface area contributed by atoms with Gasteiger partial charge in [-0.15, -0.1) is 5.10 Å². The van der Waals surface area contributed by atoms with Crippen LogP contribution in [0.25, 0.3) is 5.65 Å². The summed E-state index contributed by atoms with van der Waals surface area (Å²) in [7, 11) is 0. The fourth-order valence-corrected chi connectivity index (χ4v) is 2.47. The minimum atomic E-state index is 0.630. The van der Waals surface area contributed by atoms with Crippen LogP contribution in [0.2, 0.25) is 5.02 Å². The molecule has 2 aromatic heterocycles. The van der Waals surface area contributed by atoms with Crippen LogP contribution in [-0.4, -0.2) is 21.1 Å². The van der Waals surface area contributed by atoms with Gasteiger partial charge in [-0.1, -0.05) is 23.7 Å². The normalized spacial score (nSPS) is 10.9. The maximum atomic E-state index is 5.86. The molecular formula is C14H12BrClN4. The summed E-state index contributed by atoms with van der Waals surface area (Å²) in [6, 6.07) is 11.7. The first-order chi connectivity index (χ1) is 9.72. The van der Waals surface area contributed by atoms with Crippen LogP contribution in [0.3, 0.4) is 0 Å². The Balaban J connectivity index is 1.65. The number of aromatic nitrogens is 3. The topological polar surface area (TPSA) is 42.2 Å². The Morgan fingerprint density at radius 1 is 1.20 bits per heavy atom. The maximum Gasteiger partial charge on any atom is 0.243 e. The van der Waals surface area contributed by atoms with Crippen LogP contribution < -0.4 is 5.32 Å². The third-order valence-corrected chi connectivity index (χ3v) is 3.80. The molecular weight excluding hydrogens is 340 g/mol. The lowest BCUT2D eigenvalue weighted by Crippen LogP contribution is -2.06. The monoisotopic (exact) mass is 350 g/mol. The van der Waals surface area contributed by atoms with Crippen molar-refractivity contribution >= 4 is 39.1 Å². The van der Waals surface area contributed by atoms with Gasteiger partial charge in [0, 0.05) is 17.8 Å². The number of rotatable bonds is 4. The Labute approximate surface area is 129 Å². The highest BCUT2D eigenvalue weighted by Crippen LogP contribution is 2.16. The molecule has 0 unspecified atom stereocenters. The maximum absolute atomic E-state index is 5.86. The van der Waals surface area contributed by atoms with E-state index in [1.165, 1.54) is 5.56 Å². The van der Waals surface area contributed by atoms with Crippen LogP contribution in [-0.2, 0) is 6.42 Å². The van der Waals surface area contributed by atoms with Gasteiger partial charge in [-0.2, -0.15) is 4.98 Å². The van der Waals surface area contributed by atoms with Crippen molar-refractivity contribution < 1.29 is 0 Å². The number of hydrogen-bond acceptors (Lipinski definition) is 3. The summed E-state index contributed by atoms with van der Waals surface area (Å²) < 4.78 is 2.67. The first kappa shape index (κ1) is 13.4. The standard InChI is InChI=1S/C14H12BrClN4/c15-12-2-1-9-20-13(12)18-14(19-20)17-8-7-10-3-5-11(16)6-4-10/h1-6,9H,7-8H2,(H,17,19). The van der Waals surface area contributed by atoms with E-state index in [1.807, 2.05) is 42.6 Å². The quantitative estimate of drug-likeness (QED) is 0.777. The average Bonchev–Trinajstić information content (AvgIpc) is 2.85. The van der Waals surface area contributed by atoms with Crippen LogP contribution in [0.4, 0.5) is 5.95 Å². The number of pyridine rings is 1. The molecule has 3 rings (SSSR count). The lowest BCUT2D eigenvalue weighted by atomic mass is 10.1. The molecule has 1 N–H and O–H groups in total. The molecule has 6 heteroatoms. The summed E-state index contributed by atoms with van der Waals surface area (Å²) in [4.78, 5) is 4.43. The number of halogens is 2. The van der Waals surface area contributed by atoms with E-state index in [0.717, 1.165) is 28.1 Å². The molecule has 0 fully saturated rings. The summed E-state index contributed by atoms with van der Waals surface area (Å²) >= 11 is 9.32. The van der Waals surface area contributed by atoms with Crippen LogP contribution in [0.5, 0.6) is 0 Å². The second-order valence-electron chi connectivity index (χ2n) is 4.36.